The van der Waals surface area contributed by atoms with E-state index in [1.54, 1.807) is 6.08 Å². The SMILES string of the molecule is C=CCc1cc(F)c(F)cc1CO. The summed E-state index contributed by atoms with van der Waals surface area (Å²) in [7, 11) is 0. The van der Waals surface area contributed by atoms with E-state index in [2.05, 4.69) is 6.58 Å². The molecular weight excluding hydrogens is 174 g/mol. The van der Waals surface area contributed by atoms with Gasteiger partial charge in [0.25, 0.3) is 0 Å². The van der Waals surface area contributed by atoms with Gasteiger partial charge in [-0.05, 0) is 29.7 Å². The third-order valence-electron chi connectivity index (χ3n) is 1.78. The molecule has 0 amide bonds. The first-order valence-electron chi connectivity index (χ1n) is 3.87. The molecule has 0 fully saturated rings. The van der Waals surface area contributed by atoms with Crippen LogP contribution in [0.25, 0.3) is 0 Å². The van der Waals surface area contributed by atoms with Gasteiger partial charge in [-0.2, -0.15) is 0 Å². The highest BCUT2D eigenvalue weighted by molar-refractivity contribution is 5.29. The molecule has 1 rings (SSSR count). The highest BCUT2D eigenvalue weighted by Gasteiger charge is 2.07. The van der Waals surface area contributed by atoms with E-state index in [9.17, 15) is 8.78 Å². The third kappa shape index (κ3) is 2.12. The van der Waals surface area contributed by atoms with Crippen molar-refractivity contribution in [3.8, 4) is 0 Å². The summed E-state index contributed by atoms with van der Waals surface area (Å²) in [6, 6.07) is 2.09. The van der Waals surface area contributed by atoms with E-state index in [4.69, 9.17) is 5.11 Å². The van der Waals surface area contributed by atoms with Crippen molar-refractivity contribution in [3.05, 3.63) is 47.5 Å². The lowest BCUT2D eigenvalue weighted by Crippen LogP contribution is -1.97. The molecule has 0 saturated carbocycles. The number of aliphatic hydroxyl groups is 1. The van der Waals surface area contributed by atoms with E-state index < -0.39 is 11.6 Å². The maximum atomic E-state index is 12.7. The van der Waals surface area contributed by atoms with Gasteiger partial charge in [0.15, 0.2) is 11.6 Å². The van der Waals surface area contributed by atoms with E-state index in [1.807, 2.05) is 0 Å². The van der Waals surface area contributed by atoms with Gasteiger partial charge in [0.2, 0.25) is 0 Å². The number of hydrogen-bond donors (Lipinski definition) is 1. The summed E-state index contributed by atoms with van der Waals surface area (Å²) >= 11 is 0. The molecule has 13 heavy (non-hydrogen) atoms. The molecule has 1 N–H and O–H groups in total. The summed E-state index contributed by atoms with van der Waals surface area (Å²) in [4.78, 5) is 0. The van der Waals surface area contributed by atoms with Crippen LogP contribution in [0.1, 0.15) is 11.1 Å². The van der Waals surface area contributed by atoms with Gasteiger partial charge in [0, 0.05) is 0 Å². The lowest BCUT2D eigenvalue weighted by atomic mass is 10.0. The van der Waals surface area contributed by atoms with Crippen LogP contribution in [-0.2, 0) is 13.0 Å². The molecule has 1 aromatic rings. The quantitative estimate of drug-likeness (QED) is 0.714. The molecule has 0 saturated heterocycles. The minimum atomic E-state index is -0.933. The number of rotatable bonds is 3. The van der Waals surface area contributed by atoms with Crippen LogP contribution in [0.3, 0.4) is 0 Å². The maximum Gasteiger partial charge on any atom is 0.159 e. The first-order chi connectivity index (χ1) is 6.19. The molecule has 0 heterocycles. The zero-order valence-electron chi connectivity index (χ0n) is 7.06. The van der Waals surface area contributed by atoms with Gasteiger partial charge in [0.1, 0.15) is 0 Å². The van der Waals surface area contributed by atoms with E-state index in [1.165, 1.54) is 0 Å². The molecule has 0 aliphatic carbocycles. The molecule has 0 spiro atoms. The summed E-state index contributed by atoms with van der Waals surface area (Å²) in [5.74, 6) is -1.83. The van der Waals surface area contributed by atoms with Gasteiger partial charge in [0.05, 0.1) is 6.61 Å². The molecule has 0 aliphatic heterocycles. The molecule has 0 atom stereocenters. The highest BCUT2D eigenvalue weighted by atomic mass is 19.2. The average molecular weight is 184 g/mol. The van der Waals surface area contributed by atoms with Gasteiger partial charge < -0.3 is 5.11 Å². The number of allylic oxidation sites excluding steroid dienone is 1. The van der Waals surface area contributed by atoms with Crippen LogP contribution in [-0.4, -0.2) is 5.11 Å². The van der Waals surface area contributed by atoms with Crippen molar-refractivity contribution in [1.82, 2.24) is 0 Å². The fourth-order valence-corrected chi connectivity index (χ4v) is 1.12. The zero-order chi connectivity index (χ0) is 9.84. The second-order valence-corrected chi connectivity index (χ2v) is 2.69. The molecule has 70 valence electrons. The molecule has 0 aromatic heterocycles. The number of halogens is 2. The van der Waals surface area contributed by atoms with Gasteiger partial charge in [-0.25, -0.2) is 8.78 Å². The Morgan fingerprint density at radius 2 is 1.77 bits per heavy atom. The minimum Gasteiger partial charge on any atom is -0.392 e. The summed E-state index contributed by atoms with van der Waals surface area (Å²) in [5, 5.41) is 8.84. The Kier molecular flexibility index (Phi) is 3.14. The molecule has 0 aliphatic rings. The average Bonchev–Trinajstić information content (AvgIpc) is 2.11. The first kappa shape index (κ1) is 9.86. The van der Waals surface area contributed by atoms with Crippen LogP contribution >= 0.6 is 0 Å². The Morgan fingerprint density at radius 1 is 1.23 bits per heavy atom. The predicted octanol–water partition coefficient (Wildman–Crippen LogP) is 2.19. The van der Waals surface area contributed by atoms with Crippen molar-refractivity contribution in [2.45, 2.75) is 13.0 Å². The van der Waals surface area contributed by atoms with E-state index in [-0.39, 0.29) is 6.61 Å². The van der Waals surface area contributed by atoms with Crippen LogP contribution in [0.15, 0.2) is 24.8 Å². The van der Waals surface area contributed by atoms with Crippen molar-refractivity contribution >= 4 is 0 Å². The fourth-order valence-electron chi connectivity index (χ4n) is 1.12. The second-order valence-electron chi connectivity index (χ2n) is 2.69. The minimum absolute atomic E-state index is 0.291. The first-order valence-corrected chi connectivity index (χ1v) is 3.87. The molecule has 3 heteroatoms. The van der Waals surface area contributed by atoms with Crippen molar-refractivity contribution in [1.29, 1.82) is 0 Å². The molecule has 0 unspecified atom stereocenters. The lowest BCUT2D eigenvalue weighted by Gasteiger charge is -2.05. The lowest BCUT2D eigenvalue weighted by molar-refractivity contribution is 0.279. The van der Waals surface area contributed by atoms with E-state index in [0.717, 1.165) is 12.1 Å². The third-order valence-corrected chi connectivity index (χ3v) is 1.78. The highest BCUT2D eigenvalue weighted by Crippen LogP contribution is 2.15. The second kappa shape index (κ2) is 4.14. The fraction of sp³-hybridized carbons (Fsp3) is 0.200. The Morgan fingerprint density at radius 3 is 2.23 bits per heavy atom. The molecule has 0 bridgehead atoms. The standard InChI is InChI=1S/C10H10F2O/c1-2-3-7-4-9(11)10(12)5-8(7)6-13/h2,4-5,13H,1,3,6H2. The van der Waals surface area contributed by atoms with Gasteiger partial charge >= 0.3 is 0 Å². The summed E-state index contributed by atoms with van der Waals surface area (Å²) in [5.41, 5.74) is 0.968. The molecule has 1 nitrogen and oxygen atoms in total. The Hall–Kier alpha value is -1.22. The predicted molar refractivity (Wildman–Crippen MR) is 46.2 cm³/mol. The van der Waals surface area contributed by atoms with Gasteiger partial charge in [-0.3, -0.25) is 0 Å². The Labute approximate surface area is 75.3 Å². The van der Waals surface area contributed by atoms with Gasteiger partial charge in [-0.1, -0.05) is 6.08 Å². The van der Waals surface area contributed by atoms with E-state index >= 15 is 0 Å². The van der Waals surface area contributed by atoms with Gasteiger partial charge in [-0.15, -0.1) is 6.58 Å². The summed E-state index contributed by atoms with van der Waals surface area (Å²) < 4.78 is 25.4. The van der Waals surface area contributed by atoms with Crippen LogP contribution in [0.4, 0.5) is 8.78 Å². The summed E-state index contributed by atoms with van der Waals surface area (Å²) in [6.07, 6.45) is 2.00. The largest absolute Gasteiger partial charge is 0.392 e. The van der Waals surface area contributed by atoms with Crippen LogP contribution in [0, 0.1) is 11.6 Å². The normalized spacial score (nSPS) is 10.1. The van der Waals surface area contributed by atoms with Crippen molar-refractivity contribution in [2.24, 2.45) is 0 Å². The molecule has 1 aromatic carbocycles. The molecular formula is C10H10F2O. The summed E-state index contributed by atoms with van der Waals surface area (Å²) in [6.45, 7) is 3.19. The topological polar surface area (TPSA) is 20.2 Å². The smallest absolute Gasteiger partial charge is 0.159 e. The van der Waals surface area contributed by atoms with Crippen LogP contribution in [0.5, 0.6) is 0 Å². The number of hydrogen-bond acceptors (Lipinski definition) is 1. The number of aliphatic hydroxyl groups excluding tert-OH is 1. The van der Waals surface area contributed by atoms with E-state index in [0.29, 0.717) is 17.5 Å². The van der Waals surface area contributed by atoms with Crippen molar-refractivity contribution < 1.29 is 13.9 Å². The Balaban J connectivity index is 3.15. The maximum absolute atomic E-state index is 12.7. The zero-order valence-corrected chi connectivity index (χ0v) is 7.06. The monoisotopic (exact) mass is 184 g/mol. The molecule has 0 radical (unpaired) electrons. The van der Waals surface area contributed by atoms with Crippen LogP contribution in [0.2, 0.25) is 0 Å². The van der Waals surface area contributed by atoms with Crippen molar-refractivity contribution in [3.63, 3.8) is 0 Å². The van der Waals surface area contributed by atoms with Crippen LogP contribution < -0.4 is 0 Å². The number of benzene rings is 1. The van der Waals surface area contributed by atoms with Crippen molar-refractivity contribution in [2.75, 3.05) is 0 Å². The Bertz CT molecular complexity index is 321.